The van der Waals surface area contributed by atoms with Gasteiger partial charge in [0, 0.05) is 24.0 Å². The minimum absolute atomic E-state index is 0.243. The average Bonchev–Trinajstić information content (AvgIpc) is 2.71. The van der Waals surface area contributed by atoms with Crippen molar-refractivity contribution in [1.82, 2.24) is 10.3 Å². The second kappa shape index (κ2) is 10.9. The van der Waals surface area contributed by atoms with Gasteiger partial charge in [0.05, 0.1) is 11.1 Å². The van der Waals surface area contributed by atoms with Gasteiger partial charge in [0.25, 0.3) is 5.91 Å². The van der Waals surface area contributed by atoms with Crippen molar-refractivity contribution in [3.8, 4) is 0 Å². The molecule has 2 rings (SSSR count). The van der Waals surface area contributed by atoms with Crippen LogP contribution in [0.1, 0.15) is 69.8 Å². The second-order valence-electron chi connectivity index (χ2n) is 7.62. The summed E-state index contributed by atoms with van der Waals surface area (Å²) < 4.78 is 0. The van der Waals surface area contributed by atoms with Crippen molar-refractivity contribution in [2.24, 2.45) is 10.7 Å². The summed E-state index contributed by atoms with van der Waals surface area (Å²) in [4.78, 5) is 21.3. The van der Waals surface area contributed by atoms with Crippen LogP contribution < -0.4 is 16.4 Å². The molecule has 6 nitrogen and oxygen atoms in total. The Hall–Kier alpha value is -2.47. The molecule has 1 aromatic carbocycles. The first-order valence-corrected chi connectivity index (χ1v) is 10.7. The molecule has 0 spiro atoms. The maximum Gasteiger partial charge on any atom is 0.282 e. The fourth-order valence-electron chi connectivity index (χ4n) is 3.25. The van der Waals surface area contributed by atoms with Crippen molar-refractivity contribution >= 4 is 28.5 Å². The van der Waals surface area contributed by atoms with Gasteiger partial charge in [0.15, 0.2) is 0 Å². The van der Waals surface area contributed by atoms with Gasteiger partial charge < -0.3 is 16.4 Å². The molecule has 4 N–H and O–H groups in total. The molecule has 0 radical (unpaired) electrons. The Bertz CT molecular complexity index is 858. The third-order valence-corrected chi connectivity index (χ3v) is 5.21. The van der Waals surface area contributed by atoms with Crippen molar-refractivity contribution in [2.75, 3.05) is 11.9 Å². The number of anilines is 1. The molecule has 158 valence electrons. The quantitative estimate of drug-likeness (QED) is 0.411. The maximum absolute atomic E-state index is 12.7. The zero-order chi connectivity index (χ0) is 21.4. The number of aryl methyl sites for hydroxylation is 1. The number of hydrogen-bond donors (Lipinski definition) is 3. The molecule has 29 heavy (non-hydrogen) atoms. The summed E-state index contributed by atoms with van der Waals surface area (Å²) in [5, 5.41) is 7.94. The first kappa shape index (κ1) is 22.8. The van der Waals surface area contributed by atoms with E-state index in [9.17, 15) is 4.79 Å². The number of rotatable bonds is 10. The highest BCUT2D eigenvalue weighted by Gasteiger charge is 2.15. The molecular weight excluding hydrogens is 362 g/mol. The van der Waals surface area contributed by atoms with E-state index in [0.717, 1.165) is 43.1 Å². The summed E-state index contributed by atoms with van der Waals surface area (Å²) in [6.07, 6.45) is 4.04. The van der Waals surface area contributed by atoms with E-state index in [4.69, 9.17) is 10.7 Å². The second-order valence-corrected chi connectivity index (χ2v) is 7.62. The molecule has 0 saturated heterocycles. The number of nitrogens with zero attached hydrogens (tertiary/aromatic N) is 2. The van der Waals surface area contributed by atoms with Gasteiger partial charge in [-0.2, -0.15) is 4.99 Å². The highest BCUT2D eigenvalue weighted by Crippen LogP contribution is 2.23. The molecular formula is C23H35N5O. The van der Waals surface area contributed by atoms with Gasteiger partial charge in [0.2, 0.25) is 0 Å². The van der Waals surface area contributed by atoms with Crippen LogP contribution in [-0.2, 0) is 6.42 Å². The number of aliphatic imine (C=N–C) groups is 1. The Morgan fingerprint density at radius 3 is 2.59 bits per heavy atom. The van der Waals surface area contributed by atoms with Crippen LogP contribution in [0.5, 0.6) is 0 Å². The SMILES string of the molecule is CCc1ccc2nc(NCCC(CC)N[C@H](C)CC)c(C(=O)N=C(C)N)cc2c1. The Labute approximate surface area is 174 Å². The summed E-state index contributed by atoms with van der Waals surface area (Å²) in [5.74, 6) is 0.441. The number of benzene rings is 1. The van der Waals surface area contributed by atoms with Crippen LogP contribution in [0.4, 0.5) is 5.82 Å². The van der Waals surface area contributed by atoms with Crippen molar-refractivity contribution in [1.29, 1.82) is 0 Å². The molecule has 0 aliphatic heterocycles. The number of amides is 1. The van der Waals surface area contributed by atoms with Crippen molar-refractivity contribution in [2.45, 2.75) is 72.4 Å². The predicted octanol–water partition coefficient (Wildman–Crippen LogP) is 4.28. The molecule has 1 aromatic heterocycles. The zero-order valence-corrected chi connectivity index (χ0v) is 18.4. The molecule has 1 amide bonds. The number of pyridine rings is 1. The third-order valence-electron chi connectivity index (χ3n) is 5.21. The van der Waals surface area contributed by atoms with Crippen LogP contribution in [0.15, 0.2) is 29.3 Å². The molecule has 0 saturated carbocycles. The van der Waals surface area contributed by atoms with Crippen LogP contribution in [0.2, 0.25) is 0 Å². The summed E-state index contributed by atoms with van der Waals surface area (Å²) in [5.41, 5.74) is 8.16. The third kappa shape index (κ3) is 6.53. The zero-order valence-electron chi connectivity index (χ0n) is 18.4. The smallest absolute Gasteiger partial charge is 0.282 e. The lowest BCUT2D eigenvalue weighted by Gasteiger charge is -2.22. The highest BCUT2D eigenvalue weighted by molar-refractivity contribution is 6.07. The molecule has 0 bridgehead atoms. The van der Waals surface area contributed by atoms with E-state index >= 15 is 0 Å². The van der Waals surface area contributed by atoms with Crippen molar-refractivity contribution in [3.63, 3.8) is 0 Å². The standard InChI is InChI=1S/C23H35N5O/c1-6-15(4)26-19(8-3)11-12-25-22-20(23(29)27-16(5)24)14-18-13-17(7-2)9-10-21(18)28-22/h9-10,13-15,19,26H,6-8,11-12H2,1-5H3,(H,25,28)(H2,24,27,29)/t15-,19?/m1/s1. The number of nitrogens with two attached hydrogens (primary N) is 1. The number of aromatic nitrogens is 1. The number of fused-ring (bicyclic) bond motifs is 1. The fourth-order valence-corrected chi connectivity index (χ4v) is 3.25. The van der Waals surface area contributed by atoms with E-state index in [-0.39, 0.29) is 11.7 Å². The largest absolute Gasteiger partial charge is 0.387 e. The minimum atomic E-state index is -0.367. The Morgan fingerprint density at radius 2 is 1.97 bits per heavy atom. The van der Waals surface area contributed by atoms with Gasteiger partial charge >= 0.3 is 0 Å². The number of carbonyl (C=O) groups is 1. The number of carbonyl (C=O) groups excluding carboxylic acids is 1. The fraction of sp³-hybridized carbons (Fsp3) is 0.522. The molecule has 0 fully saturated rings. The number of hydrogen-bond acceptors (Lipinski definition) is 4. The van der Waals surface area contributed by atoms with Gasteiger partial charge in [0.1, 0.15) is 11.7 Å². The van der Waals surface area contributed by atoms with Crippen LogP contribution in [0.25, 0.3) is 10.9 Å². The van der Waals surface area contributed by atoms with E-state index < -0.39 is 0 Å². The Kier molecular flexibility index (Phi) is 8.58. The lowest BCUT2D eigenvalue weighted by Crippen LogP contribution is -2.37. The lowest BCUT2D eigenvalue weighted by atomic mass is 10.1. The van der Waals surface area contributed by atoms with E-state index in [1.54, 1.807) is 6.92 Å². The van der Waals surface area contributed by atoms with Crippen molar-refractivity contribution in [3.05, 3.63) is 35.4 Å². The molecule has 6 heteroatoms. The normalized spacial score (nSPS) is 14.0. The van der Waals surface area contributed by atoms with Crippen LogP contribution in [0, 0.1) is 0 Å². The van der Waals surface area contributed by atoms with Gasteiger partial charge in [-0.15, -0.1) is 0 Å². The molecule has 1 unspecified atom stereocenters. The number of amidine groups is 1. The summed E-state index contributed by atoms with van der Waals surface area (Å²) in [7, 11) is 0. The van der Waals surface area contributed by atoms with E-state index in [1.165, 1.54) is 5.56 Å². The molecule has 2 atom stereocenters. The summed E-state index contributed by atoms with van der Waals surface area (Å²) >= 11 is 0. The van der Waals surface area contributed by atoms with Crippen molar-refractivity contribution < 1.29 is 4.79 Å². The molecule has 2 aromatic rings. The van der Waals surface area contributed by atoms with E-state index in [1.807, 2.05) is 12.1 Å². The topological polar surface area (TPSA) is 92.4 Å². The van der Waals surface area contributed by atoms with Gasteiger partial charge in [-0.1, -0.05) is 26.8 Å². The number of nitrogens with one attached hydrogen (secondary N) is 2. The summed E-state index contributed by atoms with van der Waals surface area (Å²) in [6.45, 7) is 11.0. The lowest BCUT2D eigenvalue weighted by molar-refractivity contribution is 0.100. The molecule has 0 aliphatic carbocycles. The molecule has 1 heterocycles. The average molecular weight is 398 g/mol. The maximum atomic E-state index is 12.7. The summed E-state index contributed by atoms with van der Waals surface area (Å²) in [6, 6.07) is 8.94. The Morgan fingerprint density at radius 1 is 1.21 bits per heavy atom. The van der Waals surface area contributed by atoms with E-state index in [0.29, 0.717) is 23.5 Å². The highest BCUT2D eigenvalue weighted by atomic mass is 16.1. The van der Waals surface area contributed by atoms with Crippen LogP contribution in [0.3, 0.4) is 0 Å². The first-order chi connectivity index (χ1) is 13.9. The monoisotopic (exact) mass is 397 g/mol. The van der Waals surface area contributed by atoms with Gasteiger partial charge in [-0.25, -0.2) is 4.98 Å². The Balaban J connectivity index is 2.27. The first-order valence-electron chi connectivity index (χ1n) is 10.7. The van der Waals surface area contributed by atoms with Gasteiger partial charge in [-0.3, -0.25) is 4.79 Å². The van der Waals surface area contributed by atoms with Crippen LogP contribution in [-0.4, -0.2) is 35.4 Å². The molecule has 0 aliphatic rings. The van der Waals surface area contributed by atoms with Crippen LogP contribution >= 0.6 is 0 Å². The predicted molar refractivity (Wildman–Crippen MR) is 123 cm³/mol. The minimum Gasteiger partial charge on any atom is -0.387 e. The van der Waals surface area contributed by atoms with E-state index in [2.05, 4.69) is 55.5 Å². The van der Waals surface area contributed by atoms with Gasteiger partial charge in [-0.05, 0) is 63.3 Å².